The lowest BCUT2D eigenvalue weighted by Crippen LogP contribution is -2.30. The van der Waals surface area contributed by atoms with Crippen molar-refractivity contribution in [3.8, 4) is 10.6 Å². The van der Waals surface area contributed by atoms with Gasteiger partial charge in [-0.1, -0.05) is 41.9 Å². The van der Waals surface area contributed by atoms with Crippen molar-refractivity contribution in [1.29, 1.82) is 0 Å². The molecule has 3 rings (SSSR count). The summed E-state index contributed by atoms with van der Waals surface area (Å²) < 4.78 is 1.13. The first-order valence-electron chi connectivity index (χ1n) is 7.33. The minimum absolute atomic E-state index is 0.316. The number of hydrogen-bond acceptors (Lipinski definition) is 3. The number of rotatable bonds is 2. The van der Waals surface area contributed by atoms with Gasteiger partial charge in [-0.3, -0.25) is 0 Å². The van der Waals surface area contributed by atoms with Gasteiger partial charge < -0.3 is 5.32 Å². The predicted molar refractivity (Wildman–Crippen MR) is 93.9 cm³/mol. The van der Waals surface area contributed by atoms with Crippen LogP contribution in [-0.2, 0) is 6.42 Å². The number of aryl methyl sites for hydroxylation is 1. The van der Waals surface area contributed by atoms with Crippen LogP contribution in [0.1, 0.15) is 42.4 Å². The minimum Gasteiger partial charge on any atom is -0.312 e. The van der Waals surface area contributed by atoms with E-state index >= 15 is 0 Å². The molecule has 1 atom stereocenters. The average molecular weight is 365 g/mol. The highest BCUT2D eigenvalue weighted by Crippen LogP contribution is 2.45. The van der Waals surface area contributed by atoms with E-state index in [9.17, 15) is 0 Å². The van der Waals surface area contributed by atoms with Crippen LogP contribution in [0.4, 0.5) is 0 Å². The second-order valence-corrected chi connectivity index (χ2v) is 8.58. The van der Waals surface area contributed by atoms with Crippen molar-refractivity contribution < 1.29 is 0 Å². The van der Waals surface area contributed by atoms with Gasteiger partial charge in [0.1, 0.15) is 5.01 Å². The summed E-state index contributed by atoms with van der Waals surface area (Å²) in [5, 5.41) is 4.59. The lowest BCUT2D eigenvalue weighted by molar-refractivity contribution is 0.265. The van der Waals surface area contributed by atoms with Gasteiger partial charge in [-0.15, -0.1) is 11.3 Å². The molecule has 1 unspecified atom stereocenters. The third-order valence-electron chi connectivity index (χ3n) is 4.15. The fourth-order valence-electron chi connectivity index (χ4n) is 3.08. The normalized spacial score (nSPS) is 20.3. The Kier molecular flexibility index (Phi) is 3.97. The van der Waals surface area contributed by atoms with Crippen molar-refractivity contribution in [3.05, 3.63) is 38.8 Å². The first kappa shape index (κ1) is 15.2. The molecule has 21 heavy (non-hydrogen) atoms. The van der Waals surface area contributed by atoms with E-state index in [1.165, 1.54) is 28.1 Å². The maximum atomic E-state index is 4.95. The van der Waals surface area contributed by atoms with Crippen molar-refractivity contribution >= 4 is 27.3 Å². The van der Waals surface area contributed by atoms with Gasteiger partial charge in [0.2, 0.25) is 0 Å². The van der Waals surface area contributed by atoms with Gasteiger partial charge in [-0.25, -0.2) is 4.98 Å². The van der Waals surface area contributed by atoms with E-state index in [-0.39, 0.29) is 0 Å². The average Bonchev–Trinajstić information content (AvgIpc) is 2.79. The van der Waals surface area contributed by atoms with Gasteiger partial charge in [-0.2, -0.15) is 0 Å². The molecule has 1 aromatic heterocycles. The third-order valence-corrected chi connectivity index (χ3v) is 6.05. The molecule has 0 saturated heterocycles. The first-order chi connectivity index (χ1) is 9.89. The van der Waals surface area contributed by atoms with E-state index < -0.39 is 0 Å². The van der Waals surface area contributed by atoms with Crippen molar-refractivity contribution in [2.24, 2.45) is 5.41 Å². The largest absolute Gasteiger partial charge is 0.312 e. The molecule has 0 amide bonds. The monoisotopic (exact) mass is 364 g/mol. The van der Waals surface area contributed by atoms with E-state index in [0.29, 0.717) is 11.5 Å². The summed E-state index contributed by atoms with van der Waals surface area (Å²) in [6.07, 6.45) is 2.24. The number of benzene rings is 1. The number of thiazole rings is 1. The highest BCUT2D eigenvalue weighted by atomic mass is 79.9. The molecule has 0 fully saturated rings. The molecule has 0 aliphatic heterocycles. The minimum atomic E-state index is 0.316. The third kappa shape index (κ3) is 2.94. The Morgan fingerprint density at radius 3 is 2.81 bits per heavy atom. The van der Waals surface area contributed by atoms with E-state index in [4.69, 9.17) is 4.98 Å². The summed E-state index contributed by atoms with van der Waals surface area (Å²) in [5.41, 5.74) is 4.06. The van der Waals surface area contributed by atoms with Gasteiger partial charge >= 0.3 is 0 Å². The number of aromatic nitrogens is 1. The van der Waals surface area contributed by atoms with Crippen LogP contribution in [0.15, 0.2) is 22.7 Å². The van der Waals surface area contributed by atoms with Crippen LogP contribution in [0.25, 0.3) is 10.6 Å². The fraction of sp³-hybridized carbons (Fsp3) is 0.471. The van der Waals surface area contributed by atoms with Crippen LogP contribution >= 0.6 is 27.3 Å². The summed E-state index contributed by atoms with van der Waals surface area (Å²) in [7, 11) is 2.05. The summed E-state index contributed by atoms with van der Waals surface area (Å²) in [5.74, 6) is 0. The Balaban J connectivity index is 2.06. The van der Waals surface area contributed by atoms with Gasteiger partial charge in [0.25, 0.3) is 0 Å². The number of nitrogens with zero attached hydrogens (tertiary/aromatic N) is 1. The van der Waals surface area contributed by atoms with Crippen LogP contribution in [-0.4, -0.2) is 12.0 Å². The number of halogens is 1. The molecule has 2 nitrogen and oxygen atoms in total. The molecule has 0 saturated carbocycles. The van der Waals surface area contributed by atoms with Crippen molar-refractivity contribution in [1.82, 2.24) is 10.3 Å². The molecule has 4 heteroatoms. The lowest BCUT2D eigenvalue weighted by atomic mass is 9.76. The van der Waals surface area contributed by atoms with Crippen molar-refractivity contribution in [2.45, 2.75) is 39.7 Å². The number of nitrogens with one attached hydrogen (secondary N) is 1. The standard InChI is InChI=1S/C17H21BrN2S/c1-10-5-6-11(12(18)7-10)16-20-14-9-17(2,3)8-13(19-4)15(14)21-16/h5-7,13,19H,8-9H2,1-4H3. The maximum absolute atomic E-state index is 4.95. The molecule has 2 aromatic rings. The quantitative estimate of drug-likeness (QED) is 0.800. The molecule has 0 radical (unpaired) electrons. The molecule has 112 valence electrons. The molecular weight excluding hydrogens is 344 g/mol. The van der Waals surface area contributed by atoms with Crippen molar-refractivity contribution in [2.75, 3.05) is 7.05 Å². The molecular formula is C17H21BrN2S. The van der Waals surface area contributed by atoms with Crippen LogP contribution in [0.5, 0.6) is 0 Å². The number of hydrogen-bond donors (Lipinski definition) is 1. The van der Waals surface area contributed by atoms with Gasteiger partial charge in [0, 0.05) is 21.0 Å². The highest BCUT2D eigenvalue weighted by molar-refractivity contribution is 9.10. The van der Waals surface area contributed by atoms with Crippen LogP contribution < -0.4 is 5.32 Å². The summed E-state index contributed by atoms with van der Waals surface area (Å²) in [4.78, 5) is 6.37. The van der Waals surface area contributed by atoms with Crippen molar-refractivity contribution in [3.63, 3.8) is 0 Å². The summed E-state index contributed by atoms with van der Waals surface area (Å²) >= 11 is 5.52. The van der Waals surface area contributed by atoms with E-state index in [2.05, 4.69) is 67.3 Å². The van der Waals surface area contributed by atoms with Crippen LogP contribution in [0.2, 0.25) is 0 Å². The Morgan fingerprint density at radius 1 is 1.38 bits per heavy atom. The predicted octanol–water partition coefficient (Wildman–Crippen LogP) is 5.11. The van der Waals surface area contributed by atoms with Crippen LogP contribution in [0.3, 0.4) is 0 Å². The van der Waals surface area contributed by atoms with Gasteiger partial charge in [-0.05, 0) is 43.9 Å². The zero-order valence-electron chi connectivity index (χ0n) is 13.0. The van der Waals surface area contributed by atoms with Gasteiger partial charge in [0.05, 0.1) is 5.69 Å². The smallest absolute Gasteiger partial charge is 0.125 e. The zero-order valence-corrected chi connectivity index (χ0v) is 15.4. The first-order valence-corrected chi connectivity index (χ1v) is 8.94. The lowest BCUT2D eigenvalue weighted by Gasteiger charge is -2.34. The maximum Gasteiger partial charge on any atom is 0.125 e. The molecule has 1 aliphatic rings. The summed E-state index contributed by atoms with van der Waals surface area (Å²) in [6.45, 7) is 6.78. The molecule has 0 bridgehead atoms. The number of fused-ring (bicyclic) bond motifs is 1. The SMILES string of the molecule is CNC1CC(C)(C)Cc2nc(-c3ccc(C)cc3Br)sc21. The Hall–Kier alpha value is -0.710. The molecule has 1 heterocycles. The van der Waals surface area contributed by atoms with E-state index in [1.54, 1.807) is 0 Å². The molecule has 1 N–H and O–H groups in total. The zero-order chi connectivity index (χ0) is 15.2. The van der Waals surface area contributed by atoms with E-state index in [1.807, 2.05) is 11.3 Å². The molecule has 0 spiro atoms. The van der Waals surface area contributed by atoms with Crippen LogP contribution in [0, 0.1) is 12.3 Å². The Morgan fingerprint density at radius 2 is 2.14 bits per heavy atom. The highest BCUT2D eigenvalue weighted by Gasteiger charge is 2.34. The second-order valence-electron chi connectivity index (χ2n) is 6.70. The Bertz CT molecular complexity index is 675. The molecule has 1 aliphatic carbocycles. The second kappa shape index (κ2) is 5.49. The summed E-state index contributed by atoms with van der Waals surface area (Å²) in [6, 6.07) is 6.91. The topological polar surface area (TPSA) is 24.9 Å². The fourth-order valence-corrected chi connectivity index (χ4v) is 5.12. The van der Waals surface area contributed by atoms with E-state index in [0.717, 1.165) is 15.9 Å². The van der Waals surface area contributed by atoms with Gasteiger partial charge in [0.15, 0.2) is 0 Å². The molecule has 1 aromatic carbocycles. The Labute approximate surface area is 139 Å².